The zero-order chi connectivity index (χ0) is 12.0. The first kappa shape index (κ1) is 10.5. The van der Waals surface area contributed by atoms with Gasteiger partial charge in [-0.3, -0.25) is 0 Å². The molecule has 0 atom stereocenters. The average molecular weight is 233 g/mol. The summed E-state index contributed by atoms with van der Waals surface area (Å²) in [4.78, 5) is 15.1. The maximum absolute atomic E-state index is 5.43. The van der Waals surface area contributed by atoms with Gasteiger partial charge in [-0.2, -0.15) is 0 Å². The number of hydrogen-bond donors (Lipinski definition) is 0. The van der Waals surface area contributed by atoms with Crippen molar-refractivity contribution in [2.45, 2.75) is 12.5 Å². The van der Waals surface area contributed by atoms with Crippen LogP contribution in [0.5, 0.6) is 0 Å². The molecule has 0 saturated carbocycles. The lowest BCUT2D eigenvalue weighted by Gasteiger charge is -2.47. The minimum absolute atomic E-state index is 0.0634. The van der Waals surface area contributed by atoms with Gasteiger partial charge in [0.15, 0.2) is 17.0 Å². The molecule has 6 heteroatoms. The zero-order valence-corrected chi connectivity index (χ0v) is 10.2. The van der Waals surface area contributed by atoms with E-state index in [9.17, 15) is 0 Å². The molecule has 1 saturated heterocycles. The molecule has 90 valence electrons. The van der Waals surface area contributed by atoms with E-state index in [-0.39, 0.29) is 5.60 Å². The van der Waals surface area contributed by atoms with Crippen LogP contribution in [0.1, 0.15) is 6.92 Å². The normalized spacial score (nSPS) is 18.4. The van der Waals surface area contributed by atoms with E-state index in [1.165, 1.54) is 0 Å². The number of rotatable bonds is 2. The Labute approximate surface area is 99.2 Å². The lowest BCUT2D eigenvalue weighted by Crippen LogP contribution is -2.61. The van der Waals surface area contributed by atoms with E-state index in [0.717, 1.165) is 30.1 Å². The van der Waals surface area contributed by atoms with Gasteiger partial charge in [0.2, 0.25) is 0 Å². The first-order valence-electron chi connectivity index (χ1n) is 5.55. The maximum Gasteiger partial charge on any atom is 0.165 e. The first-order chi connectivity index (χ1) is 8.13. The summed E-state index contributed by atoms with van der Waals surface area (Å²) in [5.74, 6) is 0.894. The van der Waals surface area contributed by atoms with E-state index >= 15 is 0 Å². The monoisotopic (exact) mass is 233 g/mol. The number of hydrogen-bond acceptors (Lipinski definition) is 5. The third-order valence-corrected chi connectivity index (χ3v) is 3.32. The van der Waals surface area contributed by atoms with Crippen LogP contribution in [0.15, 0.2) is 12.7 Å². The molecular weight excluding hydrogens is 218 g/mol. The summed E-state index contributed by atoms with van der Waals surface area (Å²) < 4.78 is 7.33. The minimum Gasteiger partial charge on any atom is -0.375 e. The van der Waals surface area contributed by atoms with Crippen LogP contribution in [0.4, 0.5) is 5.82 Å². The van der Waals surface area contributed by atoms with Crippen molar-refractivity contribution in [3.05, 3.63) is 12.7 Å². The average Bonchev–Trinajstić information content (AvgIpc) is 2.67. The number of aromatic nitrogens is 4. The van der Waals surface area contributed by atoms with E-state index in [1.54, 1.807) is 19.8 Å². The van der Waals surface area contributed by atoms with Crippen LogP contribution in [0.25, 0.3) is 11.2 Å². The van der Waals surface area contributed by atoms with Gasteiger partial charge in [0.1, 0.15) is 6.33 Å². The van der Waals surface area contributed by atoms with Crippen molar-refractivity contribution in [1.82, 2.24) is 19.5 Å². The Balaban J connectivity index is 1.97. The fourth-order valence-corrected chi connectivity index (χ4v) is 2.20. The van der Waals surface area contributed by atoms with Crippen LogP contribution in [-0.2, 0) is 11.8 Å². The molecule has 0 spiro atoms. The molecule has 2 aromatic heterocycles. The number of ether oxygens (including phenoxy) is 1. The molecule has 17 heavy (non-hydrogen) atoms. The lowest BCUT2D eigenvalue weighted by molar-refractivity contribution is -0.0170. The number of aryl methyl sites for hydroxylation is 1. The van der Waals surface area contributed by atoms with Crippen molar-refractivity contribution in [3.63, 3.8) is 0 Å². The van der Waals surface area contributed by atoms with Crippen molar-refractivity contribution in [2.75, 3.05) is 25.1 Å². The fraction of sp³-hybridized carbons (Fsp3) is 0.545. The largest absolute Gasteiger partial charge is 0.375 e. The van der Waals surface area contributed by atoms with Crippen molar-refractivity contribution >= 4 is 17.0 Å². The third kappa shape index (κ3) is 1.48. The maximum atomic E-state index is 5.43. The molecule has 0 radical (unpaired) electrons. The van der Waals surface area contributed by atoms with E-state index in [2.05, 4.69) is 26.8 Å². The molecule has 6 nitrogen and oxygen atoms in total. The molecule has 0 N–H and O–H groups in total. The molecule has 0 unspecified atom stereocenters. The Kier molecular flexibility index (Phi) is 2.09. The van der Waals surface area contributed by atoms with Gasteiger partial charge in [0.05, 0.1) is 25.0 Å². The molecule has 2 aromatic rings. The topological polar surface area (TPSA) is 56.1 Å². The van der Waals surface area contributed by atoms with Crippen molar-refractivity contribution < 1.29 is 4.74 Å². The molecule has 3 rings (SSSR count). The second-order valence-electron chi connectivity index (χ2n) is 4.74. The molecular formula is C11H15N5O. The van der Waals surface area contributed by atoms with E-state index in [1.807, 2.05) is 11.6 Å². The predicted octanol–water partition coefficient (Wildman–Crippen LogP) is 0.588. The Bertz CT molecular complexity index is 558. The highest BCUT2D eigenvalue weighted by molar-refractivity contribution is 5.83. The number of imidazole rings is 1. The van der Waals surface area contributed by atoms with Gasteiger partial charge in [0.25, 0.3) is 0 Å². The summed E-state index contributed by atoms with van der Waals surface area (Å²) in [7, 11) is 3.68. The number of methoxy groups -OCH3 is 1. The third-order valence-electron chi connectivity index (χ3n) is 3.32. The van der Waals surface area contributed by atoms with E-state index in [0.29, 0.717) is 0 Å². The summed E-state index contributed by atoms with van der Waals surface area (Å²) in [5, 5.41) is 0. The second kappa shape index (κ2) is 3.40. The summed E-state index contributed by atoms with van der Waals surface area (Å²) in [6.45, 7) is 3.78. The van der Waals surface area contributed by atoms with Crippen LogP contribution in [0.2, 0.25) is 0 Å². The summed E-state index contributed by atoms with van der Waals surface area (Å²) in [5.41, 5.74) is 1.65. The highest BCUT2D eigenvalue weighted by Gasteiger charge is 2.40. The van der Waals surface area contributed by atoms with Crippen LogP contribution >= 0.6 is 0 Å². The SMILES string of the molecule is COC1(C)CN(c2ncnc3c2ncn3C)C1. The highest BCUT2D eigenvalue weighted by Crippen LogP contribution is 2.31. The smallest absolute Gasteiger partial charge is 0.165 e. The van der Waals surface area contributed by atoms with Gasteiger partial charge >= 0.3 is 0 Å². The molecule has 0 aliphatic carbocycles. The van der Waals surface area contributed by atoms with Gasteiger partial charge in [-0.15, -0.1) is 0 Å². The Hall–Kier alpha value is -1.69. The first-order valence-corrected chi connectivity index (χ1v) is 5.55. The summed E-state index contributed by atoms with van der Waals surface area (Å²) >= 11 is 0. The molecule has 1 aliphatic heterocycles. The molecule has 3 heterocycles. The second-order valence-corrected chi connectivity index (χ2v) is 4.74. The highest BCUT2D eigenvalue weighted by atomic mass is 16.5. The van der Waals surface area contributed by atoms with Crippen LogP contribution in [-0.4, -0.2) is 45.3 Å². The van der Waals surface area contributed by atoms with Gasteiger partial charge < -0.3 is 14.2 Å². The number of fused-ring (bicyclic) bond motifs is 1. The molecule has 1 aliphatic rings. The molecule has 0 amide bonds. The molecule has 1 fully saturated rings. The van der Waals surface area contributed by atoms with Crippen LogP contribution in [0, 0.1) is 0 Å². The van der Waals surface area contributed by atoms with Gasteiger partial charge in [0, 0.05) is 14.2 Å². The quantitative estimate of drug-likeness (QED) is 0.759. The van der Waals surface area contributed by atoms with Gasteiger partial charge in [-0.1, -0.05) is 0 Å². The zero-order valence-electron chi connectivity index (χ0n) is 10.2. The van der Waals surface area contributed by atoms with E-state index in [4.69, 9.17) is 4.74 Å². The summed E-state index contributed by atoms with van der Waals surface area (Å²) in [6, 6.07) is 0. The standard InChI is InChI=1S/C11H15N5O/c1-11(17-3)4-16(5-11)10-8-9(12-6-13-10)15(2)7-14-8/h6-7H,4-5H2,1-3H3. The molecule has 0 bridgehead atoms. The van der Waals surface area contributed by atoms with Crippen molar-refractivity contribution in [3.8, 4) is 0 Å². The Morgan fingerprint density at radius 1 is 1.29 bits per heavy atom. The van der Waals surface area contributed by atoms with Crippen molar-refractivity contribution in [1.29, 1.82) is 0 Å². The van der Waals surface area contributed by atoms with Gasteiger partial charge in [-0.05, 0) is 6.92 Å². The van der Waals surface area contributed by atoms with Crippen molar-refractivity contribution in [2.24, 2.45) is 7.05 Å². The Morgan fingerprint density at radius 2 is 2.06 bits per heavy atom. The Morgan fingerprint density at radius 3 is 2.76 bits per heavy atom. The number of anilines is 1. The predicted molar refractivity (Wildman–Crippen MR) is 63.9 cm³/mol. The van der Waals surface area contributed by atoms with E-state index < -0.39 is 0 Å². The van der Waals surface area contributed by atoms with Gasteiger partial charge in [-0.25, -0.2) is 15.0 Å². The fourth-order valence-electron chi connectivity index (χ4n) is 2.20. The van der Waals surface area contributed by atoms with Crippen LogP contribution in [0.3, 0.4) is 0 Å². The number of nitrogens with zero attached hydrogens (tertiary/aromatic N) is 5. The van der Waals surface area contributed by atoms with Crippen LogP contribution < -0.4 is 4.90 Å². The molecule has 0 aromatic carbocycles. The summed E-state index contributed by atoms with van der Waals surface area (Å²) in [6.07, 6.45) is 3.35. The minimum atomic E-state index is -0.0634. The lowest BCUT2D eigenvalue weighted by atomic mass is 9.96.